The number of amides is 3. The molecule has 3 aliphatic carbocycles. The summed E-state index contributed by atoms with van der Waals surface area (Å²) in [5.74, 6) is -6.24. The number of phenols is 2. The number of nitrogens with one attached hydrogen (secondary N) is 1. The van der Waals surface area contributed by atoms with Crippen LogP contribution in [0.1, 0.15) is 85.6 Å². The van der Waals surface area contributed by atoms with Crippen LogP contribution in [0.5, 0.6) is 17.2 Å². The number of imide groups is 1. The summed E-state index contributed by atoms with van der Waals surface area (Å²) in [4.78, 5) is 79.5. The number of phenolic OH excluding ortho intramolecular Hbond substituents is 2. The number of hydrogen-bond donors (Lipinski definition) is 6. The van der Waals surface area contributed by atoms with Crippen LogP contribution >= 0.6 is 0 Å². The normalized spacial score (nSPS) is 25.9. The number of ketones is 3. The number of Topliss-reactive ketones (excluding diaryl/α,β-unsaturated/α-hetero) is 1. The summed E-state index contributed by atoms with van der Waals surface area (Å²) < 4.78 is 11.8. The van der Waals surface area contributed by atoms with Crippen LogP contribution in [-0.4, -0.2) is 98.2 Å². The molecule has 1 heterocycles. The number of carbonyl (C=O) groups excluding carboxylic acids is 6. The van der Waals surface area contributed by atoms with Gasteiger partial charge in [0.05, 0.1) is 53.8 Å². The molecule has 15 heteroatoms. The van der Waals surface area contributed by atoms with Gasteiger partial charge in [-0.25, -0.2) is 4.90 Å². The Morgan fingerprint density at radius 2 is 1.63 bits per heavy atom. The van der Waals surface area contributed by atoms with Gasteiger partial charge in [0.25, 0.3) is 17.7 Å². The lowest BCUT2D eigenvalue weighted by Gasteiger charge is -2.43. The highest BCUT2D eigenvalue weighted by Gasteiger charge is 2.50. The number of aliphatic hydroxyl groups is 3. The third kappa shape index (κ3) is 5.85. The molecule has 280 valence electrons. The van der Waals surface area contributed by atoms with Crippen LogP contribution in [0.25, 0.3) is 0 Å². The lowest BCUT2D eigenvalue weighted by Crippen LogP contribution is -2.53. The van der Waals surface area contributed by atoms with E-state index in [1.807, 2.05) is 0 Å². The van der Waals surface area contributed by atoms with Crippen molar-refractivity contribution in [3.8, 4) is 17.2 Å². The molecule has 0 saturated heterocycles. The molecule has 6 atom stereocenters. The van der Waals surface area contributed by atoms with E-state index in [9.17, 15) is 54.3 Å². The summed E-state index contributed by atoms with van der Waals surface area (Å²) in [5.41, 5.74) is -3.65. The van der Waals surface area contributed by atoms with Gasteiger partial charge in [0.1, 0.15) is 29.5 Å². The molecule has 54 heavy (non-hydrogen) atoms. The van der Waals surface area contributed by atoms with Gasteiger partial charge in [-0.1, -0.05) is 25.1 Å². The third-order valence-electron chi connectivity index (χ3n) is 10.7. The molecule has 0 spiro atoms. The minimum Gasteiger partial charge on any atom is -0.507 e. The number of anilines is 1. The van der Waals surface area contributed by atoms with E-state index < -0.39 is 113 Å². The molecule has 15 nitrogen and oxygen atoms in total. The molecule has 0 bridgehead atoms. The first-order chi connectivity index (χ1) is 25.7. The number of aromatic hydroxyl groups is 2. The van der Waals surface area contributed by atoms with E-state index in [1.165, 1.54) is 49.6 Å². The summed E-state index contributed by atoms with van der Waals surface area (Å²) >= 11 is 0. The van der Waals surface area contributed by atoms with Crippen molar-refractivity contribution in [1.82, 2.24) is 5.32 Å². The maximum Gasteiger partial charge on any atom is 0.258 e. The SMILES string of the molecule is COc1cccc2c1C(=O)c1c(O)c3c(c(O)c1C2=O)C[C@@](O)(C(=O)CO)C[C@@H]3OC1C[C@@H](C)[C@@H](O)[C@@H](NC(=O)c2cccc(N3C(=O)C=CC3=O)c2)C1. The van der Waals surface area contributed by atoms with E-state index in [-0.39, 0.29) is 52.1 Å². The highest BCUT2D eigenvalue weighted by Crippen LogP contribution is 2.52. The van der Waals surface area contributed by atoms with E-state index >= 15 is 0 Å². The summed E-state index contributed by atoms with van der Waals surface area (Å²) in [7, 11) is 1.31. The number of rotatable bonds is 8. The number of benzene rings is 3. The molecule has 0 radical (unpaired) electrons. The molecule has 3 aromatic rings. The highest BCUT2D eigenvalue weighted by atomic mass is 16.5. The van der Waals surface area contributed by atoms with Crippen LogP contribution in [0.2, 0.25) is 0 Å². The standard InChI is InChI=1S/C39H36N2O13/c1-17-11-20(13-23(33(17)46)40-38(51)18-5-3-6-19(12-18)41-27(44)9-10-28(41)45)54-25-15-39(52,26(43)16-42)14-22-30(25)37(50)32-31(35(22)48)34(47)21-7-4-8-24(53-2)29(21)36(32)49/h3-10,12,17,20,23,25,33,42,46,48,50,52H,11,13-16H2,1-2H3,(H,40,51)/t17-,20?,23+,25+,33-,39+/m1/s1. The highest BCUT2D eigenvalue weighted by molar-refractivity contribution is 6.31. The van der Waals surface area contributed by atoms with Crippen LogP contribution in [0.4, 0.5) is 5.69 Å². The molecular weight excluding hydrogens is 704 g/mol. The summed E-state index contributed by atoms with van der Waals surface area (Å²) in [6.45, 7) is 0.645. The molecule has 1 fully saturated rings. The van der Waals surface area contributed by atoms with Gasteiger partial charge in [0, 0.05) is 47.2 Å². The number of fused-ring (bicyclic) bond motifs is 3. The van der Waals surface area contributed by atoms with E-state index in [1.54, 1.807) is 6.92 Å². The average molecular weight is 741 g/mol. The minimum absolute atomic E-state index is 0.0121. The first-order valence-corrected chi connectivity index (χ1v) is 17.2. The van der Waals surface area contributed by atoms with Crippen molar-refractivity contribution in [1.29, 1.82) is 0 Å². The zero-order valence-corrected chi connectivity index (χ0v) is 29.1. The van der Waals surface area contributed by atoms with Crippen molar-refractivity contribution >= 4 is 40.8 Å². The second kappa shape index (κ2) is 13.6. The van der Waals surface area contributed by atoms with Gasteiger partial charge < -0.3 is 40.3 Å². The van der Waals surface area contributed by atoms with E-state index in [0.29, 0.717) is 0 Å². The Hall–Kier alpha value is -5.74. The van der Waals surface area contributed by atoms with Gasteiger partial charge in [0.2, 0.25) is 5.78 Å². The fourth-order valence-corrected chi connectivity index (χ4v) is 8.04. The van der Waals surface area contributed by atoms with Crippen molar-refractivity contribution in [2.45, 2.75) is 62.6 Å². The molecule has 1 aliphatic heterocycles. The zero-order chi connectivity index (χ0) is 38.8. The average Bonchev–Trinajstić information content (AvgIpc) is 3.49. The predicted molar refractivity (Wildman–Crippen MR) is 186 cm³/mol. The number of nitrogens with zero attached hydrogens (tertiary/aromatic N) is 1. The Bertz CT molecular complexity index is 2180. The summed E-state index contributed by atoms with van der Waals surface area (Å²) in [5, 5.41) is 58.7. The monoisotopic (exact) mass is 740 g/mol. The molecule has 7 rings (SSSR count). The number of ether oxygens (including phenoxy) is 2. The van der Waals surface area contributed by atoms with Gasteiger partial charge in [-0.2, -0.15) is 0 Å². The van der Waals surface area contributed by atoms with E-state index in [4.69, 9.17) is 9.47 Å². The van der Waals surface area contributed by atoms with E-state index in [2.05, 4.69) is 5.32 Å². The molecule has 3 amide bonds. The maximum absolute atomic E-state index is 14.0. The van der Waals surface area contributed by atoms with Gasteiger partial charge in [-0.3, -0.25) is 28.8 Å². The smallest absolute Gasteiger partial charge is 0.258 e. The molecule has 0 aromatic heterocycles. The van der Waals surface area contributed by atoms with Crippen molar-refractivity contribution in [3.63, 3.8) is 0 Å². The number of hydrogen-bond acceptors (Lipinski definition) is 13. The van der Waals surface area contributed by atoms with Gasteiger partial charge in [-0.05, 0) is 43.0 Å². The first-order valence-electron chi connectivity index (χ1n) is 17.2. The second-order valence-electron chi connectivity index (χ2n) is 14.0. The van der Waals surface area contributed by atoms with Crippen LogP contribution in [0, 0.1) is 5.92 Å². The van der Waals surface area contributed by atoms with E-state index in [0.717, 1.165) is 17.1 Å². The summed E-state index contributed by atoms with van der Waals surface area (Å²) in [6.07, 6.45) is -1.99. The van der Waals surface area contributed by atoms with Gasteiger partial charge in [-0.15, -0.1) is 0 Å². The van der Waals surface area contributed by atoms with Crippen molar-refractivity contribution in [2.24, 2.45) is 5.92 Å². The Morgan fingerprint density at radius 1 is 0.944 bits per heavy atom. The number of aliphatic hydroxyl groups excluding tert-OH is 2. The Kier molecular flexibility index (Phi) is 9.22. The second-order valence-corrected chi connectivity index (χ2v) is 14.0. The van der Waals surface area contributed by atoms with Crippen molar-refractivity contribution in [3.05, 3.63) is 93.6 Å². The molecule has 6 N–H and O–H groups in total. The molecular formula is C39H36N2O13. The third-order valence-corrected chi connectivity index (χ3v) is 10.7. The maximum atomic E-state index is 14.0. The molecule has 1 unspecified atom stereocenters. The number of methoxy groups -OCH3 is 1. The molecule has 4 aliphatic rings. The molecule has 1 saturated carbocycles. The minimum atomic E-state index is -2.32. The Labute approximate surface area is 307 Å². The topological polar surface area (TPSA) is 237 Å². The van der Waals surface area contributed by atoms with Crippen LogP contribution < -0.4 is 15.0 Å². The number of carbonyl (C=O) groups is 6. The molecule has 3 aromatic carbocycles. The van der Waals surface area contributed by atoms with Crippen molar-refractivity contribution < 1.29 is 63.8 Å². The Morgan fingerprint density at radius 3 is 2.31 bits per heavy atom. The largest absolute Gasteiger partial charge is 0.507 e. The van der Waals surface area contributed by atoms with Gasteiger partial charge >= 0.3 is 0 Å². The lowest BCUT2D eigenvalue weighted by atomic mass is 9.71. The van der Waals surface area contributed by atoms with Crippen molar-refractivity contribution in [2.75, 3.05) is 18.6 Å². The van der Waals surface area contributed by atoms with Crippen LogP contribution in [0.3, 0.4) is 0 Å². The quantitative estimate of drug-likeness (QED) is 0.111. The van der Waals surface area contributed by atoms with Crippen LogP contribution in [0.15, 0.2) is 54.6 Å². The zero-order valence-electron chi connectivity index (χ0n) is 29.1. The van der Waals surface area contributed by atoms with Crippen LogP contribution in [-0.2, 0) is 25.5 Å². The lowest BCUT2D eigenvalue weighted by molar-refractivity contribution is -0.151. The Balaban J connectivity index is 1.22. The fourth-order valence-electron chi connectivity index (χ4n) is 8.04. The summed E-state index contributed by atoms with van der Waals surface area (Å²) in [6, 6.07) is 9.22. The fraction of sp³-hybridized carbons (Fsp3) is 0.333. The predicted octanol–water partition coefficient (Wildman–Crippen LogP) is 1.57. The van der Waals surface area contributed by atoms with Gasteiger partial charge in [0.15, 0.2) is 11.6 Å². The first kappa shape index (κ1) is 36.6.